The summed E-state index contributed by atoms with van der Waals surface area (Å²) in [7, 11) is 0. The molecule has 1 aliphatic rings. The minimum absolute atomic E-state index is 0.0452. The van der Waals surface area contributed by atoms with E-state index in [4.69, 9.17) is 4.52 Å². The molecule has 4 rings (SSSR count). The monoisotopic (exact) mass is 307 g/mol. The van der Waals surface area contributed by atoms with Gasteiger partial charge in [0.1, 0.15) is 0 Å². The van der Waals surface area contributed by atoms with E-state index in [0.29, 0.717) is 23.2 Å². The highest BCUT2D eigenvalue weighted by molar-refractivity contribution is 5.56. The molecule has 2 atom stereocenters. The Morgan fingerprint density at radius 2 is 1.78 bits per heavy atom. The van der Waals surface area contributed by atoms with Gasteiger partial charge in [0.05, 0.1) is 4.92 Å². The first-order chi connectivity index (χ1) is 11.2. The van der Waals surface area contributed by atoms with Crippen molar-refractivity contribution in [3.8, 4) is 11.4 Å². The van der Waals surface area contributed by atoms with E-state index in [1.54, 1.807) is 12.1 Å². The summed E-state index contributed by atoms with van der Waals surface area (Å²) in [6.45, 7) is 0. The Bertz CT molecular complexity index is 843. The average Bonchev–Trinajstić information content (AvgIpc) is 3.24. The van der Waals surface area contributed by atoms with Gasteiger partial charge in [-0.2, -0.15) is 4.98 Å². The summed E-state index contributed by atoms with van der Waals surface area (Å²) in [4.78, 5) is 14.7. The van der Waals surface area contributed by atoms with E-state index in [1.165, 1.54) is 17.7 Å². The number of aromatic nitrogens is 2. The van der Waals surface area contributed by atoms with E-state index < -0.39 is 4.92 Å². The van der Waals surface area contributed by atoms with Gasteiger partial charge in [0.25, 0.3) is 5.69 Å². The molecule has 6 nitrogen and oxygen atoms in total. The van der Waals surface area contributed by atoms with Gasteiger partial charge >= 0.3 is 0 Å². The molecule has 0 radical (unpaired) electrons. The summed E-state index contributed by atoms with van der Waals surface area (Å²) in [5, 5.41) is 14.7. The minimum Gasteiger partial charge on any atom is -0.339 e. The van der Waals surface area contributed by atoms with Gasteiger partial charge in [0.15, 0.2) is 0 Å². The minimum atomic E-state index is -0.430. The van der Waals surface area contributed by atoms with Crippen LogP contribution in [0.2, 0.25) is 0 Å². The Kier molecular flexibility index (Phi) is 3.15. The maximum absolute atomic E-state index is 10.7. The number of hydrogen-bond donors (Lipinski definition) is 0. The first-order valence-corrected chi connectivity index (χ1v) is 7.36. The normalized spacial score (nSPS) is 19.5. The fourth-order valence-electron chi connectivity index (χ4n) is 2.77. The molecule has 0 amide bonds. The second-order valence-corrected chi connectivity index (χ2v) is 5.62. The Morgan fingerprint density at radius 3 is 2.48 bits per heavy atom. The van der Waals surface area contributed by atoms with Gasteiger partial charge in [-0.1, -0.05) is 35.5 Å². The van der Waals surface area contributed by atoms with Gasteiger partial charge < -0.3 is 4.52 Å². The first-order valence-electron chi connectivity index (χ1n) is 7.36. The molecule has 1 aromatic heterocycles. The molecule has 1 fully saturated rings. The van der Waals surface area contributed by atoms with Crippen LogP contribution < -0.4 is 0 Å². The molecule has 0 N–H and O–H groups in total. The quantitative estimate of drug-likeness (QED) is 0.539. The third-order valence-corrected chi connectivity index (χ3v) is 4.11. The van der Waals surface area contributed by atoms with Crippen molar-refractivity contribution in [3.05, 3.63) is 76.2 Å². The summed E-state index contributed by atoms with van der Waals surface area (Å²) >= 11 is 0. The van der Waals surface area contributed by atoms with Crippen LogP contribution in [0.25, 0.3) is 11.4 Å². The molecular formula is C17H13N3O3. The maximum Gasteiger partial charge on any atom is 0.269 e. The van der Waals surface area contributed by atoms with Crippen LogP contribution in [0.15, 0.2) is 59.1 Å². The number of nitro benzene ring substituents is 1. The molecule has 3 aromatic rings. The van der Waals surface area contributed by atoms with Crippen molar-refractivity contribution in [1.82, 2.24) is 10.1 Å². The Labute approximate surface area is 131 Å². The second kappa shape index (κ2) is 5.31. The van der Waals surface area contributed by atoms with Crippen LogP contribution in [0.3, 0.4) is 0 Å². The van der Waals surface area contributed by atoms with Crippen molar-refractivity contribution in [2.75, 3.05) is 0 Å². The molecule has 2 unspecified atom stereocenters. The van der Waals surface area contributed by atoms with E-state index in [2.05, 4.69) is 22.3 Å². The Balaban J connectivity index is 1.53. The summed E-state index contributed by atoms with van der Waals surface area (Å²) < 4.78 is 5.38. The van der Waals surface area contributed by atoms with Crippen LogP contribution in [0, 0.1) is 10.1 Å². The van der Waals surface area contributed by atoms with Gasteiger partial charge in [-0.05, 0) is 30.0 Å². The number of nitrogens with zero attached hydrogens (tertiary/aromatic N) is 3. The lowest BCUT2D eigenvalue weighted by Crippen LogP contribution is -1.88. The predicted molar refractivity (Wildman–Crippen MR) is 82.9 cm³/mol. The standard InChI is InChI=1S/C17H13N3O3/c21-20(22)13-8-6-12(7-9-13)16-18-17(23-19-16)15-10-14(15)11-4-2-1-3-5-11/h1-9,14-15H,10H2. The summed E-state index contributed by atoms with van der Waals surface area (Å²) in [5.74, 6) is 1.79. The molecule has 23 heavy (non-hydrogen) atoms. The SMILES string of the molecule is O=[N+]([O-])c1ccc(-c2noc(C3CC3c3ccccc3)n2)cc1. The highest BCUT2D eigenvalue weighted by atomic mass is 16.6. The van der Waals surface area contributed by atoms with Crippen LogP contribution in [-0.2, 0) is 0 Å². The van der Waals surface area contributed by atoms with Crippen LogP contribution in [0.1, 0.15) is 29.7 Å². The molecule has 0 bridgehead atoms. The van der Waals surface area contributed by atoms with E-state index in [-0.39, 0.29) is 11.6 Å². The summed E-state index contributed by atoms with van der Waals surface area (Å²) in [6.07, 6.45) is 1.01. The number of benzene rings is 2. The molecule has 0 aliphatic heterocycles. The van der Waals surface area contributed by atoms with E-state index >= 15 is 0 Å². The lowest BCUT2D eigenvalue weighted by Gasteiger charge is -1.96. The molecule has 1 aliphatic carbocycles. The fraction of sp³-hybridized carbons (Fsp3) is 0.176. The molecule has 1 heterocycles. The van der Waals surface area contributed by atoms with Crippen LogP contribution in [0.5, 0.6) is 0 Å². The fourth-order valence-corrected chi connectivity index (χ4v) is 2.77. The van der Waals surface area contributed by atoms with Crippen LogP contribution in [-0.4, -0.2) is 15.1 Å². The summed E-state index contributed by atoms with van der Waals surface area (Å²) in [6, 6.07) is 16.4. The van der Waals surface area contributed by atoms with Gasteiger partial charge in [-0.25, -0.2) is 0 Å². The highest BCUT2D eigenvalue weighted by Crippen LogP contribution is 2.54. The lowest BCUT2D eigenvalue weighted by atomic mass is 10.1. The molecule has 6 heteroatoms. The molecule has 114 valence electrons. The Morgan fingerprint density at radius 1 is 1.04 bits per heavy atom. The predicted octanol–water partition coefficient (Wildman–Crippen LogP) is 3.92. The second-order valence-electron chi connectivity index (χ2n) is 5.62. The number of hydrogen-bond acceptors (Lipinski definition) is 5. The van der Waals surface area contributed by atoms with Crippen molar-refractivity contribution in [3.63, 3.8) is 0 Å². The smallest absolute Gasteiger partial charge is 0.269 e. The average molecular weight is 307 g/mol. The van der Waals surface area contributed by atoms with E-state index in [1.807, 2.05) is 18.2 Å². The largest absolute Gasteiger partial charge is 0.339 e. The number of rotatable bonds is 4. The molecule has 2 aromatic carbocycles. The van der Waals surface area contributed by atoms with Crippen molar-refractivity contribution < 1.29 is 9.45 Å². The van der Waals surface area contributed by atoms with Gasteiger partial charge in [-0.3, -0.25) is 10.1 Å². The highest BCUT2D eigenvalue weighted by Gasteiger charge is 2.43. The first kappa shape index (κ1) is 13.6. The lowest BCUT2D eigenvalue weighted by molar-refractivity contribution is -0.384. The zero-order valence-electron chi connectivity index (χ0n) is 12.1. The van der Waals surface area contributed by atoms with E-state index in [9.17, 15) is 10.1 Å². The third-order valence-electron chi connectivity index (χ3n) is 4.11. The topological polar surface area (TPSA) is 82.1 Å². The molecular weight excluding hydrogens is 294 g/mol. The van der Waals surface area contributed by atoms with Crippen LogP contribution >= 0.6 is 0 Å². The van der Waals surface area contributed by atoms with E-state index in [0.717, 1.165) is 6.42 Å². The molecule has 0 spiro atoms. The van der Waals surface area contributed by atoms with Crippen molar-refractivity contribution in [2.24, 2.45) is 0 Å². The molecule has 0 saturated heterocycles. The number of nitro groups is 1. The van der Waals surface area contributed by atoms with Gasteiger partial charge in [0.2, 0.25) is 11.7 Å². The zero-order valence-corrected chi connectivity index (χ0v) is 12.1. The van der Waals surface area contributed by atoms with Crippen molar-refractivity contribution in [1.29, 1.82) is 0 Å². The van der Waals surface area contributed by atoms with Crippen LogP contribution in [0.4, 0.5) is 5.69 Å². The molecule has 1 saturated carbocycles. The summed E-state index contributed by atoms with van der Waals surface area (Å²) in [5.41, 5.74) is 2.04. The van der Waals surface area contributed by atoms with Gasteiger partial charge in [0, 0.05) is 23.6 Å². The maximum atomic E-state index is 10.7. The van der Waals surface area contributed by atoms with Gasteiger partial charge in [-0.15, -0.1) is 0 Å². The Hall–Kier alpha value is -3.02. The van der Waals surface area contributed by atoms with Crippen molar-refractivity contribution >= 4 is 5.69 Å². The zero-order chi connectivity index (χ0) is 15.8. The number of non-ortho nitro benzene ring substituents is 1. The van der Waals surface area contributed by atoms with Crippen molar-refractivity contribution in [2.45, 2.75) is 18.3 Å². The third kappa shape index (κ3) is 2.59.